The molecule has 1 aliphatic carbocycles. The second kappa shape index (κ2) is 8.57. The lowest BCUT2D eigenvalue weighted by Gasteiger charge is -2.34. The number of halogens is 2. The summed E-state index contributed by atoms with van der Waals surface area (Å²) in [5.41, 5.74) is 3.46. The van der Waals surface area contributed by atoms with Crippen molar-refractivity contribution in [1.29, 1.82) is 0 Å². The summed E-state index contributed by atoms with van der Waals surface area (Å²) < 4.78 is 28.4. The largest absolute Gasteiger partial charge is 0.378 e. The van der Waals surface area contributed by atoms with Gasteiger partial charge >= 0.3 is 0 Å². The number of hydrogen-bond donors (Lipinski definition) is 2. The molecular weight excluding hydrogens is 412 g/mol. The van der Waals surface area contributed by atoms with E-state index in [-0.39, 0.29) is 11.4 Å². The first kappa shape index (κ1) is 21.7. The number of benzene rings is 2. The molecule has 0 aromatic heterocycles. The van der Waals surface area contributed by atoms with Crippen molar-refractivity contribution in [2.45, 2.75) is 32.1 Å². The van der Waals surface area contributed by atoms with E-state index in [2.05, 4.69) is 10.6 Å². The zero-order valence-corrected chi connectivity index (χ0v) is 18.3. The number of rotatable bonds is 4. The van der Waals surface area contributed by atoms with E-state index in [0.717, 1.165) is 35.5 Å². The zero-order valence-electron chi connectivity index (χ0n) is 18.3. The maximum Gasteiger partial charge on any atom is 0.254 e. The Kier molecular flexibility index (Phi) is 5.82. The molecule has 0 saturated heterocycles. The number of hydrogen-bond acceptors (Lipinski definition) is 4. The third-order valence-electron chi connectivity index (χ3n) is 5.96. The van der Waals surface area contributed by atoms with Gasteiger partial charge in [-0.05, 0) is 49.6 Å². The highest BCUT2D eigenvalue weighted by Crippen LogP contribution is 2.42. The SMILES string of the molecule is CC1=C(C(=O)Nc2c(F)cccc2F)C(c2ccc(N(C)C)cc2)C2=C(CCCC2=O)N1. The smallest absolute Gasteiger partial charge is 0.254 e. The summed E-state index contributed by atoms with van der Waals surface area (Å²) in [6.07, 6.45) is 1.86. The first-order chi connectivity index (χ1) is 15.3. The van der Waals surface area contributed by atoms with Crippen LogP contribution in [0.15, 0.2) is 65.0 Å². The number of ketones is 1. The van der Waals surface area contributed by atoms with Crippen LogP contribution in [0.2, 0.25) is 0 Å². The number of amides is 1. The molecule has 5 nitrogen and oxygen atoms in total. The van der Waals surface area contributed by atoms with Crippen LogP contribution in [-0.2, 0) is 9.59 Å². The van der Waals surface area contributed by atoms with E-state index in [9.17, 15) is 18.4 Å². The fourth-order valence-electron chi connectivity index (χ4n) is 4.38. The maximum absolute atomic E-state index is 14.2. The Balaban J connectivity index is 1.80. The number of allylic oxidation sites excluding steroid dienone is 3. The molecule has 0 radical (unpaired) electrons. The highest BCUT2D eigenvalue weighted by Gasteiger charge is 2.38. The lowest BCUT2D eigenvalue weighted by atomic mass is 9.75. The monoisotopic (exact) mass is 437 g/mol. The molecule has 1 heterocycles. The van der Waals surface area contributed by atoms with E-state index >= 15 is 0 Å². The molecule has 166 valence electrons. The first-order valence-corrected chi connectivity index (χ1v) is 10.5. The summed E-state index contributed by atoms with van der Waals surface area (Å²) in [7, 11) is 3.85. The quantitative estimate of drug-likeness (QED) is 0.732. The molecule has 2 aromatic rings. The summed E-state index contributed by atoms with van der Waals surface area (Å²) in [4.78, 5) is 28.2. The minimum Gasteiger partial charge on any atom is -0.378 e. The van der Waals surface area contributed by atoms with Gasteiger partial charge in [0.1, 0.15) is 17.3 Å². The topological polar surface area (TPSA) is 61.4 Å². The van der Waals surface area contributed by atoms with Gasteiger partial charge in [0.25, 0.3) is 5.91 Å². The second-order valence-corrected chi connectivity index (χ2v) is 8.30. The Bertz CT molecular complexity index is 1130. The number of carbonyl (C=O) groups is 2. The van der Waals surface area contributed by atoms with Crippen molar-refractivity contribution in [3.63, 3.8) is 0 Å². The van der Waals surface area contributed by atoms with Gasteiger partial charge in [0, 0.05) is 54.7 Å². The van der Waals surface area contributed by atoms with E-state index < -0.39 is 29.1 Å². The maximum atomic E-state index is 14.2. The molecule has 1 aliphatic heterocycles. The third kappa shape index (κ3) is 3.90. The van der Waals surface area contributed by atoms with E-state index in [1.807, 2.05) is 43.3 Å². The highest BCUT2D eigenvalue weighted by molar-refractivity contribution is 6.09. The van der Waals surface area contributed by atoms with Crippen molar-refractivity contribution >= 4 is 23.1 Å². The van der Waals surface area contributed by atoms with E-state index in [4.69, 9.17) is 0 Å². The fraction of sp³-hybridized carbons (Fsp3) is 0.280. The summed E-state index contributed by atoms with van der Waals surface area (Å²) in [6, 6.07) is 11.0. The van der Waals surface area contributed by atoms with Crippen LogP contribution in [-0.4, -0.2) is 25.8 Å². The molecule has 1 atom stereocenters. The Hall–Kier alpha value is -3.48. The molecule has 2 aromatic carbocycles. The van der Waals surface area contributed by atoms with Crippen molar-refractivity contribution in [2.75, 3.05) is 24.3 Å². The summed E-state index contributed by atoms with van der Waals surface area (Å²) in [6.45, 7) is 1.75. The van der Waals surface area contributed by atoms with Gasteiger partial charge in [0.15, 0.2) is 5.78 Å². The Morgan fingerprint density at radius 2 is 1.72 bits per heavy atom. The molecule has 0 bridgehead atoms. The van der Waals surface area contributed by atoms with Gasteiger partial charge in [-0.1, -0.05) is 18.2 Å². The van der Waals surface area contributed by atoms with E-state index in [1.165, 1.54) is 6.07 Å². The van der Waals surface area contributed by atoms with Gasteiger partial charge in [-0.3, -0.25) is 9.59 Å². The van der Waals surface area contributed by atoms with Gasteiger partial charge in [-0.15, -0.1) is 0 Å². The molecule has 1 amide bonds. The minimum atomic E-state index is -0.860. The average Bonchev–Trinajstić information content (AvgIpc) is 2.75. The van der Waals surface area contributed by atoms with E-state index in [1.54, 1.807) is 6.92 Å². The minimum absolute atomic E-state index is 0.0182. The summed E-state index contributed by atoms with van der Waals surface area (Å²) >= 11 is 0. The standard InChI is InChI=1S/C25H25F2N3O2/c1-14-21(25(32)29-24-17(26)6-4-7-18(24)27)22(15-10-12-16(13-11-15)30(2)3)23-19(28-14)8-5-9-20(23)31/h4,6-7,10-13,22,28H,5,8-9H2,1-3H3,(H,29,32). The molecule has 7 heteroatoms. The molecule has 1 unspecified atom stereocenters. The fourth-order valence-corrected chi connectivity index (χ4v) is 4.38. The van der Waals surface area contributed by atoms with Gasteiger partial charge in [0.05, 0.1) is 0 Å². The van der Waals surface area contributed by atoms with Crippen molar-refractivity contribution < 1.29 is 18.4 Å². The average molecular weight is 437 g/mol. The molecule has 2 N–H and O–H groups in total. The van der Waals surface area contributed by atoms with Crippen molar-refractivity contribution in [3.05, 3.63) is 82.2 Å². The van der Waals surface area contributed by atoms with Crippen LogP contribution in [0, 0.1) is 11.6 Å². The van der Waals surface area contributed by atoms with Crippen LogP contribution in [0.3, 0.4) is 0 Å². The van der Waals surface area contributed by atoms with Crippen molar-refractivity contribution in [2.24, 2.45) is 0 Å². The molecule has 2 aliphatic rings. The number of Topliss-reactive ketones (excluding diaryl/α,β-unsaturated/α-hetero) is 1. The van der Waals surface area contributed by atoms with Gasteiger partial charge < -0.3 is 15.5 Å². The number of para-hydroxylation sites is 1. The normalized spacial score (nSPS) is 18.3. The Morgan fingerprint density at radius 1 is 1.06 bits per heavy atom. The van der Waals surface area contributed by atoms with Crippen LogP contribution in [0.25, 0.3) is 0 Å². The molecule has 0 spiro atoms. The molecule has 32 heavy (non-hydrogen) atoms. The molecule has 0 fully saturated rings. The molecule has 0 saturated carbocycles. The van der Waals surface area contributed by atoms with Gasteiger partial charge in [0.2, 0.25) is 0 Å². The molecular formula is C25H25F2N3O2. The van der Waals surface area contributed by atoms with Crippen molar-refractivity contribution in [3.8, 4) is 0 Å². The number of anilines is 2. The van der Waals surface area contributed by atoms with Crippen LogP contribution in [0.4, 0.5) is 20.2 Å². The zero-order chi connectivity index (χ0) is 23.0. The Labute approximate surface area is 185 Å². The first-order valence-electron chi connectivity index (χ1n) is 10.5. The van der Waals surface area contributed by atoms with Gasteiger partial charge in [-0.2, -0.15) is 0 Å². The summed E-state index contributed by atoms with van der Waals surface area (Å²) in [5.74, 6) is -3.01. The van der Waals surface area contributed by atoms with Crippen molar-refractivity contribution in [1.82, 2.24) is 5.32 Å². The van der Waals surface area contributed by atoms with Crippen LogP contribution < -0.4 is 15.5 Å². The Morgan fingerprint density at radius 3 is 2.34 bits per heavy atom. The second-order valence-electron chi connectivity index (χ2n) is 8.30. The lowest BCUT2D eigenvalue weighted by Crippen LogP contribution is -2.35. The number of dihydropyridines is 1. The number of carbonyl (C=O) groups excluding carboxylic acids is 2. The van der Waals surface area contributed by atoms with Crippen LogP contribution >= 0.6 is 0 Å². The van der Waals surface area contributed by atoms with Crippen LogP contribution in [0.5, 0.6) is 0 Å². The summed E-state index contributed by atoms with van der Waals surface area (Å²) in [5, 5.41) is 5.60. The highest BCUT2D eigenvalue weighted by atomic mass is 19.1. The lowest BCUT2D eigenvalue weighted by molar-refractivity contribution is -0.116. The van der Waals surface area contributed by atoms with Crippen LogP contribution in [0.1, 0.15) is 37.7 Å². The third-order valence-corrected chi connectivity index (χ3v) is 5.96. The van der Waals surface area contributed by atoms with Gasteiger partial charge in [-0.25, -0.2) is 8.78 Å². The predicted octanol–water partition coefficient (Wildman–Crippen LogP) is 4.64. The predicted molar refractivity (Wildman–Crippen MR) is 120 cm³/mol. The molecule has 4 rings (SSSR count). The number of nitrogens with zero attached hydrogens (tertiary/aromatic N) is 1. The van der Waals surface area contributed by atoms with E-state index in [0.29, 0.717) is 24.1 Å². The number of nitrogens with one attached hydrogen (secondary N) is 2.